The van der Waals surface area contributed by atoms with Gasteiger partial charge in [0.1, 0.15) is 0 Å². The van der Waals surface area contributed by atoms with Crippen LogP contribution in [0.4, 0.5) is 34.1 Å². The van der Waals surface area contributed by atoms with E-state index in [1.165, 1.54) is 33.4 Å². The maximum Gasteiger partial charge on any atom is 0.0502 e. The molecule has 8 aromatic carbocycles. The Kier molecular flexibility index (Phi) is 12.2. The zero-order valence-corrected chi connectivity index (χ0v) is 33.2. The molecule has 0 amide bonds. The Labute approximate surface area is 343 Å². The van der Waals surface area contributed by atoms with Crippen LogP contribution in [0.2, 0.25) is 0 Å². The van der Waals surface area contributed by atoms with Gasteiger partial charge in [-0.1, -0.05) is 133 Å². The first kappa shape index (κ1) is 38.2. The minimum Gasteiger partial charge on any atom is -0.384 e. The van der Waals surface area contributed by atoms with Crippen LogP contribution in [0.5, 0.6) is 0 Å². The van der Waals surface area contributed by atoms with Gasteiger partial charge in [-0.05, 0) is 130 Å². The molecule has 286 valence electrons. The molecule has 0 saturated carbocycles. The van der Waals surface area contributed by atoms with Gasteiger partial charge in [0.2, 0.25) is 0 Å². The number of benzene rings is 8. The summed E-state index contributed by atoms with van der Waals surface area (Å²) < 4.78 is 10.7. The molecule has 0 spiro atoms. The second-order valence-corrected chi connectivity index (χ2v) is 14.4. The lowest BCUT2D eigenvalue weighted by molar-refractivity contribution is 0.202. The van der Waals surface area contributed by atoms with E-state index in [1.54, 1.807) is 14.2 Å². The minimum atomic E-state index is 0.703. The molecule has 0 aromatic heterocycles. The van der Waals surface area contributed by atoms with Crippen molar-refractivity contribution in [3.63, 3.8) is 0 Å². The van der Waals surface area contributed by atoms with E-state index in [2.05, 4.69) is 216 Å². The van der Waals surface area contributed by atoms with Gasteiger partial charge >= 0.3 is 0 Å². The van der Waals surface area contributed by atoms with Crippen molar-refractivity contribution in [3.05, 3.63) is 217 Å². The summed E-state index contributed by atoms with van der Waals surface area (Å²) in [5.74, 6) is 0. The standard InChI is InChI=1S/C54H48N2O2/c1-57-39-37-41-13-25-49(26-14-41)55(51-29-17-45(18-30-51)43-9-5-3-6-10-43)53-33-21-47(22-34-53)48-23-35-54(36-24-48)56(50-27-15-42(16-28-50)38-40-58-2)52-31-19-46(20-32-52)44-11-7-4-8-12-44/h3-36H,37-40H2,1-2H3. The van der Waals surface area contributed by atoms with E-state index >= 15 is 0 Å². The highest BCUT2D eigenvalue weighted by atomic mass is 16.5. The fraction of sp³-hybridized carbons (Fsp3) is 0.111. The topological polar surface area (TPSA) is 24.9 Å². The SMILES string of the molecule is COCCc1ccc(N(c2ccc(-c3ccccc3)cc2)c2ccc(-c3ccc(N(c4ccc(CCOC)cc4)c4ccc(-c5ccccc5)cc4)cc3)cc2)cc1. The van der Waals surface area contributed by atoms with Crippen LogP contribution < -0.4 is 9.80 Å². The normalized spacial score (nSPS) is 11.0. The van der Waals surface area contributed by atoms with Crippen molar-refractivity contribution in [2.24, 2.45) is 0 Å². The molecule has 0 radical (unpaired) electrons. The molecule has 0 fully saturated rings. The van der Waals surface area contributed by atoms with Crippen molar-refractivity contribution >= 4 is 34.1 Å². The molecule has 0 heterocycles. The van der Waals surface area contributed by atoms with Gasteiger partial charge in [-0.25, -0.2) is 0 Å². The predicted molar refractivity (Wildman–Crippen MR) is 243 cm³/mol. The lowest BCUT2D eigenvalue weighted by Crippen LogP contribution is -2.10. The number of hydrogen-bond donors (Lipinski definition) is 0. The second-order valence-electron chi connectivity index (χ2n) is 14.4. The summed E-state index contributed by atoms with van der Waals surface area (Å²) in [6.45, 7) is 1.41. The molecule has 4 heteroatoms. The van der Waals surface area contributed by atoms with Crippen molar-refractivity contribution < 1.29 is 9.47 Å². The summed E-state index contributed by atoms with van der Waals surface area (Å²) in [7, 11) is 3.50. The van der Waals surface area contributed by atoms with Crippen LogP contribution >= 0.6 is 0 Å². The van der Waals surface area contributed by atoms with Crippen molar-refractivity contribution in [2.45, 2.75) is 12.8 Å². The number of anilines is 6. The first-order valence-electron chi connectivity index (χ1n) is 19.9. The van der Waals surface area contributed by atoms with Gasteiger partial charge in [0.05, 0.1) is 13.2 Å². The molecule has 0 aliphatic rings. The van der Waals surface area contributed by atoms with Crippen molar-refractivity contribution in [2.75, 3.05) is 37.2 Å². The average Bonchev–Trinajstić information content (AvgIpc) is 3.30. The van der Waals surface area contributed by atoms with Crippen LogP contribution in [0.25, 0.3) is 33.4 Å². The smallest absolute Gasteiger partial charge is 0.0502 e. The van der Waals surface area contributed by atoms with Crippen LogP contribution in [0.1, 0.15) is 11.1 Å². The Morgan fingerprint density at radius 3 is 0.741 bits per heavy atom. The Hall–Kier alpha value is -6.72. The third-order valence-electron chi connectivity index (χ3n) is 10.6. The van der Waals surface area contributed by atoms with Crippen molar-refractivity contribution in [3.8, 4) is 33.4 Å². The van der Waals surface area contributed by atoms with E-state index in [1.807, 2.05) is 0 Å². The summed E-state index contributed by atoms with van der Waals surface area (Å²) in [5.41, 5.74) is 16.2. The summed E-state index contributed by atoms with van der Waals surface area (Å²) in [4.78, 5) is 4.65. The monoisotopic (exact) mass is 756 g/mol. The minimum absolute atomic E-state index is 0.703. The zero-order valence-electron chi connectivity index (χ0n) is 33.2. The molecule has 0 aliphatic carbocycles. The summed E-state index contributed by atoms with van der Waals surface area (Å²) >= 11 is 0. The third kappa shape index (κ3) is 8.95. The average molecular weight is 757 g/mol. The first-order chi connectivity index (χ1) is 28.7. The molecule has 0 bridgehead atoms. The zero-order chi connectivity index (χ0) is 39.5. The van der Waals surface area contributed by atoms with Gasteiger partial charge < -0.3 is 19.3 Å². The maximum atomic E-state index is 5.33. The van der Waals surface area contributed by atoms with E-state index in [0.717, 1.165) is 58.1 Å². The summed E-state index contributed by atoms with van der Waals surface area (Å²) in [6.07, 6.45) is 1.77. The number of rotatable bonds is 15. The quantitative estimate of drug-likeness (QED) is 0.104. The van der Waals surface area contributed by atoms with Gasteiger partial charge in [-0.3, -0.25) is 0 Å². The molecule has 8 aromatic rings. The Morgan fingerprint density at radius 1 is 0.276 bits per heavy atom. The summed E-state index contributed by atoms with van der Waals surface area (Å²) in [5, 5.41) is 0. The number of methoxy groups -OCH3 is 2. The highest BCUT2D eigenvalue weighted by molar-refractivity contribution is 5.82. The molecule has 0 atom stereocenters. The largest absolute Gasteiger partial charge is 0.384 e. The van der Waals surface area contributed by atoms with E-state index in [4.69, 9.17) is 9.47 Å². The number of ether oxygens (including phenoxy) is 2. The maximum absolute atomic E-state index is 5.33. The van der Waals surface area contributed by atoms with E-state index in [0.29, 0.717) is 13.2 Å². The molecule has 0 unspecified atom stereocenters. The Balaban J connectivity index is 1.08. The van der Waals surface area contributed by atoms with E-state index in [9.17, 15) is 0 Å². The molecule has 4 nitrogen and oxygen atoms in total. The fourth-order valence-electron chi connectivity index (χ4n) is 7.43. The van der Waals surface area contributed by atoms with Crippen LogP contribution in [-0.4, -0.2) is 27.4 Å². The number of hydrogen-bond acceptors (Lipinski definition) is 4. The molecule has 0 saturated heterocycles. The molecular weight excluding hydrogens is 709 g/mol. The molecular formula is C54H48N2O2. The molecule has 0 aliphatic heterocycles. The van der Waals surface area contributed by atoms with Gasteiger partial charge in [0.15, 0.2) is 0 Å². The van der Waals surface area contributed by atoms with Crippen LogP contribution in [0.15, 0.2) is 206 Å². The lowest BCUT2D eigenvalue weighted by atomic mass is 10.0. The van der Waals surface area contributed by atoms with Gasteiger partial charge in [-0.15, -0.1) is 0 Å². The van der Waals surface area contributed by atoms with Crippen LogP contribution in [-0.2, 0) is 22.3 Å². The van der Waals surface area contributed by atoms with Crippen LogP contribution in [0.3, 0.4) is 0 Å². The highest BCUT2D eigenvalue weighted by Gasteiger charge is 2.16. The van der Waals surface area contributed by atoms with Crippen LogP contribution in [0, 0.1) is 0 Å². The summed E-state index contributed by atoms with van der Waals surface area (Å²) in [6, 6.07) is 74.1. The van der Waals surface area contributed by atoms with E-state index < -0.39 is 0 Å². The van der Waals surface area contributed by atoms with Crippen molar-refractivity contribution in [1.82, 2.24) is 0 Å². The Morgan fingerprint density at radius 2 is 0.500 bits per heavy atom. The molecule has 0 N–H and O–H groups in total. The van der Waals surface area contributed by atoms with Gasteiger partial charge in [-0.2, -0.15) is 0 Å². The second kappa shape index (κ2) is 18.5. The van der Waals surface area contributed by atoms with Crippen molar-refractivity contribution in [1.29, 1.82) is 0 Å². The molecule has 58 heavy (non-hydrogen) atoms. The predicted octanol–water partition coefficient (Wildman–Crippen LogP) is 14.0. The number of nitrogens with zero attached hydrogens (tertiary/aromatic N) is 2. The van der Waals surface area contributed by atoms with E-state index in [-0.39, 0.29) is 0 Å². The first-order valence-corrected chi connectivity index (χ1v) is 19.9. The Bertz CT molecular complexity index is 2280. The fourth-order valence-corrected chi connectivity index (χ4v) is 7.43. The lowest BCUT2D eigenvalue weighted by Gasteiger charge is -2.27. The van der Waals surface area contributed by atoms with Gasteiger partial charge in [0.25, 0.3) is 0 Å². The highest BCUT2D eigenvalue weighted by Crippen LogP contribution is 2.39. The third-order valence-corrected chi connectivity index (χ3v) is 10.6. The van der Waals surface area contributed by atoms with Gasteiger partial charge in [0, 0.05) is 48.3 Å². The molecule has 8 rings (SSSR count).